The highest BCUT2D eigenvalue weighted by molar-refractivity contribution is 5.70. The van der Waals surface area contributed by atoms with E-state index in [2.05, 4.69) is 13.8 Å². The number of carbonyl (C=O) groups is 2. The first-order chi connectivity index (χ1) is 29.2. The Morgan fingerprint density at radius 1 is 0.390 bits per heavy atom. The molecule has 5 nitrogen and oxygen atoms in total. The molecule has 0 amide bonds. The molecule has 0 spiro atoms. The number of esters is 2. The van der Waals surface area contributed by atoms with Crippen LogP contribution in [0.5, 0.6) is 0 Å². The van der Waals surface area contributed by atoms with Gasteiger partial charge in [-0.2, -0.15) is 0 Å². The number of carbonyl (C=O) groups excluding carboxylic acids is 2. The molecule has 1 rings (SSSR count). The van der Waals surface area contributed by atoms with Gasteiger partial charge in [-0.15, -0.1) is 0 Å². The average molecular weight is 827 g/mol. The van der Waals surface area contributed by atoms with Crippen LogP contribution in [0.3, 0.4) is 0 Å². The molecule has 0 fully saturated rings. The highest BCUT2D eigenvalue weighted by Crippen LogP contribution is 2.17. The molecule has 0 bridgehead atoms. The zero-order valence-electron chi connectivity index (χ0n) is 39.4. The first-order valence-electron chi connectivity index (χ1n) is 26.1. The van der Waals surface area contributed by atoms with Crippen molar-refractivity contribution in [1.29, 1.82) is 0 Å². The predicted octanol–water partition coefficient (Wildman–Crippen LogP) is 17.3. The average Bonchev–Trinajstić information content (AvgIpc) is 3.24. The Balaban J connectivity index is 2.06. The minimum atomic E-state index is -0.583. The van der Waals surface area contributed by atoms with Crippen LogP contribution in [0.1, 0.15) is 276 Å². The molecule has 0 unspecified atom stereocenters. The van der Waals surface area contributed by atoms with E-state index in [1.807, 2.05) is 30.3 Å². The Morgan fingerprint density at radius 3 is 1.03 bits per heavy atom. The lowest BCUT2D eigenvalue weighted by Crippen LogP contribution is -2.29. The smallest absolute Gasteiger partial charge is 0.306 e. The molecule has 0 heterocycles. The van der Waals surface area contributed by atoms with Crippen LogP contribution in [0, 0.1) is 0 Å². The zero-order valence-corrected chi connectivity index (χ0v) is 39.4. The first-order valence-corrected chi connectivity index (χ1v) is 26.1. The van der Waals surface area contributed by atoms with Crippen molar-refractivity contribution in [3.05, 3.63) is 35.9 Å². The third-order valence-corrected chi connectivity index (χ3v) is 12.1. The Hall–Kier alpha value is -1.88. The lowest BCUT2D eigenvalue weighted by Gasteiger charge is -2.18. The molecule has 0 N–H and O–H groups in total. The fourth-order valence-electron chi connectivity index (χ4n) is 8.20. The summed E-state index contributed by atoms with van der Waals surface area (Å²) in [5, 5.41) is 0. The minimum Gasteiger partial charge on any atom is -0.462 e. The molecule has 0 radical (unpaired) electrons. The molecule has 1 aromatic carbocycles. The molecule has 0 aliphatic carbocycles. The standard InChI is InChI=1S/C54H98O5/c1-3-5-7-9-11-13-15-17-19-21-23-25-27-29-31-33-35-37-42-46-53(55)58-50-52(49-57-48-51-44-40-39-41-45-51)59-54(56)47-43-38-36-34-32-30-28-26-24-22-20-18-16-14-12-10-8-6-4-2/h39-41,44-45,52H,3-38,42-43,46-50H2,1-2H3/t52-/m0/s1. The van der Waals surface area contributed by atoms with Crippen LogP contribution in [0.25, 0.3) is 0 Å². The molecular formula is C54H98O5. The molecule has 0 aliphatic rings. The van der Waals surface area contributed by atoms with E-state index in [-0.39, 0.29) is 25.2 Å². The van der Waals surface area contributed by atoms with Crippen molar-refractivity contribution in [3.8, 4) is 0 Å². The van der Waals surface area contributed by atoms with Gasteiger partial charge < -0.3 is 14.2 Å². The highest BCUT2D eigenvalue weighted by atomic mass is 16.6. The molecule has 0 saturated carbocycles. The van der Waals surface area contributed by atoms with E-state index in [4.69, 9.17) is 14.2 Å². The van der Waals surface area contributed by atoms with Gasteiger partial charge >= 0.3 is 11.9 Å². The van der Waals surface area contributed by atoms with Gasteiger partial charge in [0, 0.05) is 12.8 Å². The maximum absolute atomic E-state index is 12.8. The van der Waals surface area contributed by atoms with E-state index in [0.717, 1.165) is 31.2 Å². The summed E-state index contributed by atoms with van der Waals surface area (Å²) in [6, 6.07) is 9.98. The van der Waals surface area contributed by atoms with Crippen molar-refractivity contribution < 1.29 is 23.8 Å². The summed E-state index contributed by atoms with van der Waals surface area (Å²) in [7, 11) is 0. The lowest BCUT2D eigenvalue weighted by atomic mass is 10.0. The number of hydrogen-bond acceptors (Lipinski definition) is 5. The molecule has 1 aromatic rings. The number of ether oxygens (including phenoxy) is 3. The Labute approximate surface area is 367 Å². The second-order valence-electron chi connectivity index (χ2n) is 18.0. The molecule has 1 atom stereocenters. The van der Waals surface area contributed by atoms with E-state index in [1.165, 1.54) is 218 Å². The number of hydrogen-bond donors (Lipinski definition) is 0. The first kappa shape index (κ1) is 55.1. The maximum atomic E-state index is 12.8. The normalized spacial score (nSPS) is 11.9. The quantitative estimate of drug-likeness (QED) is 0.0484. The largest absolute Gasteiger partial charge is 0.462 e. The van der Waals surface area contributed by atoms with Crippen LogP contribution < -0.4 is 0 Å². The van der Waals surface area contributed by atoms with Crippen LogP contribution >= 0.6 is 0 Å². The summed E-state index contributed by atoms with van der Waals surface area (Å²) in [5.74, 6) is -0.431. The number of benzene rings is 1. The summed E-state index contributed by atoms with van der Waals surface area (Å²) in [6.07, 6.45) is 50.9. The summed E-state index contributed by atoms with van der Waals surface area (Å²) in [5.41, 5.74) is 1.06. The number of rotatable bonds is 47. The van der Waals surface area contributed by atoms with Crippen LogP contribution in [0.4, 0.5) is 0 Å². The van der Waals surface area contributed by atoms with Gasteiger partial charge in [0.2, 0.25) is 0 Å². The van der Waals surface area contributed by atoms with Gasteiger partial charge in [-0.05, 0) is 18.4 Å². The molecule has 0 saturated heterocycles. The SMILES string of the molecule is CCCCCCCCCCCCCCCCCCCCCC(=O)OC[C@H](COCc1ccccc1)OC(=O)CCCCCCCCCCCCCCCCCCCCC. The minimum absolute atomic E-state index is 0.0533. The van der Waals surface area contributed by atoms with Crippen LogP contribution in [0.15, 0.2) is 30.3 Å². The van der Waals surface area contributed by atoms with E-state index in [1.54, 1.807) is 0 Å². The van der Waals surface area contributed by atoms with Crippen molar-refractivity contribution in [2.75, 3.05) is 13.2 Å². The molecule has 59 heavy (non-hydrogen) atoms. The Bertz CT molecular complexity index is 996. The second-order valence-corrected chi connectivity index (χ2v) is 18.0. The Morgan fingerprint density at radius 2 is 0.695 bits per heavy atom. The van der Waals surface area contributed by atoms with Gasteiger partial charge in [0.15, 0.2) is 6.10 Å². The maximum Gasteiger partial charge on any atom is 0.306 e. The van der Waals surface area contributed by atoms with Crippen molar-refractivity contribution in [2.45, 2.75) is 283 Å². The van der Waals surface area contributed by atoms with Gasteiger partial charge in [0.1, 0.15) is 6.61 Å². The third-order valence-electron chi connectivity index (χ3n) is 12.1. The molecule has 344 valence electrons. The van der Waals surface area contributed by atoms with Crippen LogP contribution in [0.2, 0.25) is 0 Å². The van der Waals surface area contributed by atoms with E-state index in [0.29, 0.717) is 19.4 Å². The van der Waals surface area contributed by atoms with Crippen molar-refractivity contribution in [1.82, 2.24) is 0 Å². The van der Waals surface area contributed by atoms with Crippen LogP contribution in [-0.4, -0.2) is 31.3 Å². The molecular weight excluding hydrogens is 729 g/mol. The topological polar surface area (TPSA) is 61.8 Å². The highest BCUT2D eigenvalue weighted by Gasteiger charge is 2.18. The van der Waals surface area contributed by atoms with Gasteiger partial charge in [0.05, 0.1) is 13.2 Å². The monoisotopic (exact) mass is 827 g/mol. The molecule has 5 heteroatoms. The zero-order chi connectivity index (χ0) is 42.4. The summed E-state index contributed by atoms with van der Waals surface area (Å²) >= 11 is 0. The van der Waals surface area contributed by atoms with E-state index < -0.39 is 6.10 Å². The van der Waals surface area contributed by atoms with Gasteiger partial charge in [-0.3, -0.25) is 9.59 Å². The van der Waals surface area contributed by atoms with E-state index >= 15 is 0 Å². The van der Waals surface area contributed by atoms with Crippen molar-refractivity contribution in [3.63, 3.8) is 0 Å². The predicted molar refractivity (Wildman–Crippen MR) is 253 cm³/mol. The third kappa shape index (κ3) is 41.3. The molecule has 0 aliphatic heterocycles. The fraction of sp³-hybridized carbons (Fsp3) is 0.852. The Kier molecular flexibility index (Phi) is 42.7. The van der Waals surface area contributed by atoms with Gasteiger partial charge in [-0.1, -0.05) is 275 Å². The van der Waals surface area contributed by atoms with Crippen molar-refractivity contribution >= 4 is 11.9 Å². The summed E-state index contributed by atoms with van der Waals surface area (Å²) in [6.45, 7) is 5.28. The number of unbranched alkanes of at least 4 members (excludes halogenated alkanes) is 36. The van der Waals surface area contributed by atoms with Gasteiger partial charge in [-0.25, -0.2) is 0 Å². The van der Waals surface area contributed by atoms with Gasteiger partial charge in [0.25, 0.3) is 0 Å². The van der Waals surface area contributed by atoms with Crippen molar-refractivity contribution in [2.24, 2.45) is 0 Å². The summed E-state index contributed by atoms with van der Waals surface area (Å²) in [4.78, 5) is 25.3. The second kappa shape index (κ2) is 45.6. The van der Waals surface area contributed by atoms with Crippen LogP contribution in [-0.2, 0) is 30.4 Å². The fourth-order valence-corrected chi connectivity index (χ4v) is 8.20. The summed E-state index contributed by atoms with van der Waals surface area (Å²) < 4.78 is 17.3. The molecule has 0 aromatic heterocycles. The van der Waals surface area contributed by atoms with E-state index in [9.17, 15) is 9.59 Å². The lowest BCUT2D eigenvalue weighted by molar-refractivity contribution is -0.163.